The van der Waals surface area contributed by atoms with E-state index >= 15 is 0 Å². The molecule has 230 valence electrons. The molecule has 42 heavy (non-hydrogen) atoms. The van der Waals surface area contributed by atoms with Crippen LogP contribution in [0.5, 0.6) is 0 Å². The van der Waals surface area contributed by atoms with Gasteiger partial charge < -0.3 is 24.7 Å². The Balaban J connectivity index is 1.77. The maximum Gasteiger partial charge on any atom is 0.251 e. The van der Waals surface area contributed by atoms with Crippen molar-refractivity contribution in [3.63, 3.8) is 0 Å². The summed E-state index contributed by atoms with van der Waals surface area (Å²) in [6, 6.07) is 6.51. The lowest BCUT2D eigenvalue weighted by Crippen LogP contribution is -2.57. The van der Waals surface area contributed by atoms with Crippen molar-refractivity contribution in [1.82, 2.24) is 9.80 Å². The first kappa shape index (κ1) is 32.6. The molecule has 0 aromatic heterocycles. The number of halogens is 1. The number of likely N-dealkylation sites (tertiary alicyclic amines) is 1. The molecule has 3 unspecified atom stereocenters. The molecule has 3 heterocycles. The second-order valence-corrected chi connectivity index (χ2v) is 14.2. The number of carbonyl (C=O) groups is 3. The fourth-order valence-electron chi connectivity index (χ4n) is 7.15. The Morgan fingerprint density at radius 1 is 1.12 bits per heavy atom. The molecule has 0 saturated carbocycles. The number of rotatable bonds is 14. The van der Waals surface area contributed by atoms with Crippen molar-refractivity contribution in [1.29, 1.82) is 0 Å². The highest BCUT2D eigenvalue weighted by Crippen LogP contribution is 2.68. The van der Waals surface area contributed by atoms with Crippen LogP contribution in [-0.4, -0.2) is 98.9 Å². The van der Waals surface area contributed by atoms with E-state index < -0.39 is 28.7 Å². The summed E-state index contributed by atoms with van der Waals surface area (Å²) in [5.41, 5.74) is 1.80. The first-order chi connectivity index (χ1) is 20.1. The summed E-state index contributed by atoms with van der Waals surface area (Å²) in [4.78, 5) is 50.5. The fourth-order valence-corrected chi connectivity index (χ4v) is 10.7. The summed E-state index contributed by atoms with van der Waals surface area (Å²) < 4.78 is -0.788. The molecule has 0 radical (unpaired) electrons. The highest BCUT2D eigenvalue weighted by molar-refractivity contribution is 9.09. The second-order valence-electron chi connectivity index (χ2n) is 11.4. The molecular formula is C32H45BrN4O4S. The van der Waals surface area contributed by atoms with Crippen LogP contribution in [0.4, 0.5) is 11.4 Å². The quantitative estimate of drug-likeness (QED) is 0.236. The van der Waals surface area contributed by atoms with Crippen molar-refractivity contribution in [2.24, 2.45) is 11.8 Å². The molecule has 10 heteroatoms. The molecule has 7 atom stereocenters. The van der Waals surface area contributed by atoms with Gasteiger partial charge >= 0.3 is 0 Å². The number of hydrogen-bond acceptors (Lipinski definition) is 6. The molecule has 1 spiro atoms. The zero-order chi connectivity index (χ0) is 30.8. The first-order valence-electron chi connectivity index (χ1n) is 15.1. The van der Waals surface area contributed by atoms with Crippen molar-refractivity contribution in [3.8, 4) is 0 Å². The highest BCUT2D eigenvalue weighted by atomic mass is 79.9. The predicted octanol–water partition coefficient (Wildman–Crippen LogP) is 4.32. The molecule has 3 amide bonds. The van der Waals surface area contributed by atoms with Crippen molar-refractivity contribution in [2.45, 2.75) is 67.4 Å². The molecule has 3 fully saturated rings. The van der Waals surface area contributed by atoms with Gasteiger partial charge in [0.1, 0.15) is 6.04 Å². The minimum Gasteiger partial charge on any atom is -0.394 e. The van der Waals surface area contributed by atoms with Crippen molar-refractivity contribution >= 4 is 56.8 Å². The number of amides is 3. The second kappa shape index (κ2) is 13.6. The normalized spacial score (nSPS) is 28.4. The Hall–Kier alpha value is -2.30. The number of fused-ring (bicyclic) bond motifs is 1. The lowest BCUT2D eigenvalue weighted by atomic mass is 9.70. The van der Waals surface area contributed by atoms with Gasteiger partial charge in [0, 0.05) is 54.2 Å². The molecule has 1 aromatic rings. The Morgan fingerprint density at radius 2 is 1.74 bits per heavy atom. The number of nitrogens with zero attached hydrogens (tertiary/aromatic N) is 4. The van der Waals surface area contributed by atoms with Gasteiger partial charge in [0.15, 0.2) is 0 Å². The van der Waals surface area contributed by atoms with Crippen molar-refractivity contribution in [3.05, 3.63) is 49.6 Å². The van der Waals surface area contributed by atoms with Gasteiger partial charge in [-0.1, -0.05) is 35.0 Å². The first-order valence-corrected chi connectivity index (χ1v) is 16.9. The smallest absolute Gasteiger partial charge is 0.251 e. The average Bonchev–Trinajstić information content (AvgIpc) is 3.59. The van der Waals surface area contributed by atoms with Crippen LogP contribution in [0.25, 0.3) is 0 Å². The third kappa shape index (κ3) is 5.43. The van der Waals surface area contributed by atoms with Crippen LogP contribution in [0.2, 0.25) is 0 Å². The minimum absolute atomic E-state index is 0.0198. The van der Waals surface area contributed by atoms with E-state index in [2.05, 4.69) is 47.8 Å². The van der Waals surface area contributed by atoms with Crippen LogP contribution in [0.15, 0.2) is 49.6 Å². The van der Waals surface area contributed by atoms with Crippen LogP contribution >= 0.6 is 27.7 Å². The summed E-state index contributed by atoms with van der Waals surface area (Å²) in [6.07, 6.45) is 4.80. The third-order valence-corrected chi connectivity index (χ3v) is 12.2. The van der Waals surface area contributed by atoms with Gasteiger partial charge in [-0.05, 0) is 57.9 Å². The predicted molar refractivity (Wildman–Crippen MR) is 175 cm³/mol. The van der Waals surface area contributed by atoms with E-state index in [0.29, 0.717) is 19.5 Å². The van der Waals surface area contributed by atoms with Gasteiger partial charge in [0.2, 0.25) is 11.8 Å². The Labute approximate surface area is 263 Å². The summed E-state index contributed by atoms with van der Waals surface area (Å²) in [7, 11) is 0. The molecule has 1 N–H and O–H groups in total. The van der Waals surface area contributed by atoms with E-state index in [9.17, 15) is 19.5 Å². The van der Waals surface area contributed by atoms with E-state index in [4.69, 9.17) is 0 Å². The number of thioether (sulfide) groups is 1. The van der Waals surface area contributed by atoms with E-state index in [1.165, 1.54) is 0 Å². The molecule has 2 bridgehead atoms. The van der Waals surface area contributed by atoms with Gasteiger partial charge in [-0.25, -0.2) is 0 Å². The largest absolute Gasteiger partial charge is 0.394 e. The van der Waals surface area contributed by atoms with Gasteiger partial charge in [0.05, 0.1) is 29.2 Å². The third-order valence-electron chi connectivity index (χ3n) is 9.01. The van der Waals surface area contributed by atoms with Crippen molar-refractivity contribution < 1.29 is 19.5 Å². The van der Waals surface area contributed by atoms with E-state index in [0.717, 1.165) is 30.9 Å². The standard InChI is InChI=1S/C32H45BrN4O4S/c1-7-16-35(17-8-2)29(39)25-26-30(40)37(21(6)20-38)28(32(26)19-24(33)27(25)42-32)31(41)36(18-9-3)23-14-12-22(13-15-23)34(10-4)11-5/h7,9,12-15,21,24-28,38H,1,3,8,10-11,16-20H2,2,4-6H3/t21-,24?,25+,26+,27+,28?,32?/m1/s1. The molecule has 4 rings (SSSR count). The van der Waals surface area contributed by atoms with E-state index in [-0.39, 0.29) is 41.0 Å². The van der Waals surface area contributed by atoms with Gasteiger partial charge in [-0.3, -0.25) is 14.4 Å². The Kier molecular flexibility index (Phi) is 10.5. The van der Waals surface area contributed by atoms with E-state index in [1.807, 2.05) is 31.2 Å². The number of alkyl halides is 1. The molecule has 8 nitrogen and oxygen atoms in total. The van der Waals surface area contributed by atoms with Crippen LogP contribution in [0.1, 0.15) is 40.5 Å². The molecule has 3 saturated heterocycles. The Bertz CT molecular complexity index is 1180. The number of aliphatic hydroxyl groups excluding tert-OH is 1. The summed E-state index contributed by atoms with van der Waals surface area (Å²) in [5, 5.41) is 10.1. The number of carbonyl (C=O) groups excluding carboxylic acids is 3. The van der Waals surface area contributed by atoms with Crippen LogP contribution < -0.4 is 9.80 Å². The summed E-state index contributed by atoms with van der Waals surface area (Å²) >= 11 is 5.46. The lowest BCUT2D eigenvalue weighted by Gasteiger charge is -2.39. The zero-order valence-corrected chi connectivity index (χ0v) is 27.6. The molecule has 1 aromatic carbocycles. The fraction of sp³-hybridized carbons (Fsp3) is 0.594. The summed E-state index contributed by atoms with van der Waals surface area (Å²) in [6.45, 7) is 18.5. The molecule has 3 aliphatic rings. The summed E-state index contributed by atoms with van der Waals surface area (Å²) in [5.74, 6) is -1.68. The van der Waals surface area contributed by atoms with Crippen LogP contribution in [0.3, 0.4) is 0 Å². The molecule has 3 aliphatic heterocycles. The van der Waals surface area contributed by atoms with E-state index in [1.54, 1.807) is 45.5 Å². The van der Waals surface area contributed by atoms with Crippen LogP contribution in [0, 0.1) is 11.8 Å². The average molecular weight is 662 g/mol. The van der Waals surface area contributed by atoms with Gasteiger partial charge in [-0.2, -0.15) is 0 Å². The maximum atomic E-state index is 14.7. The molecular weight excluding hydrogens is 616 g/mol. The lowest BCUT2D eigenvalue weighted by molar-refractivity contribution is -0.145. The van der Waals surface area contributed by atoms with Gasteiger partial charge in [0.25, 0.3) is 5.91 Å². The number of benzene rings is 1. The topological polar surface area (TPSA) is 84.4 Å². The van der Waals surface area contributed by atoms with Crippen molar-refractivity contribution in [2.75, 3.05) is 49.1 Å². The SMILES string of the molecule is C=CCN(CCC)C(=O)[C@H]1[C@H]2C(=O)N([C@H](C)CO)C(C(=O)N(CC=C)c3ccc(N(CC)CC)cc3)C23CC(Br)[C@@H]1S3. The number of aliphatic hydroxyl groups is 1. The maximum absolute atomic E-state index is 14.7. The highest BCUT2D eigenvalue weighted by Gasteiger charge is 2.76. The minimum atomic E-state index is -0.827. The Morgan fingerprint density at radius 3 is 2.29 bits per heavy atom. The monoisotopic (exact) mass is 660 g/mol. The molecule has 0 aliphatic carbocycles. The van der Waals surface area contributed by atoms with Gasteiger partial charge in [-0.15, -0.1) is 24.9 Å². The zero-order valence-electron chi connectivity index (χ0n) is 25.2. The van der Waals surface area contributed by atoms with Crippen LogP contribution in [-0.2, 0) is 14.4 Å². The number of anilines is 2. The number of hydrogen-bond donors (Lipinski definition) is 1.